The molecule has 1 aliphatic heterocycles. The summed E-state index contributed by atoms with van der Waals surface area (Å²) in [6.07, 6.45) is 2.52. The van der Waals surface area contributed by atoms with Crippen molar-refractivity contribution in [1.29, 1.82) is 0 Å². The minimum Gasteiger partial charge on any atom is -0.478 e. The van der Waals surface area contributed by atoms with Crippen LogP contribution in [0.1, 0.15) is 22.7 Å². The van der Waals surface area contributed by atoms with E-state index in [0.29, 0.717) is 24.0 Å². The molecular weight excluding hydrogens is 308 g/mol. The lowest BCUT2D eigenvalue weighted by atomic mass is 10.3. The van der Waals surface area contributed by atoms with E-state index in [9.17, 15) is 4.79 Å². The lowest BCUT2D eigenvalue weighted by Gasteiger charge is -2.13. The van der Waals surface area contributed by atoms with Gasteiger partial charge < -0.3 is 10.1 Å². The lowest BCUT2D eigenvalue weighted by molar-refractivity contribution is 0.0943. The normalized spacial score (nSPS) is 13.2. The van der Waals surface area contributed by atoms with Crippen LogP contribution in [0.25, 0.3) is 5.69 Å². The fourth-order valence-electron chi connectivity index (χ4n) is 2.61. The number of nitrogens with one attached hydrogen (secondary N) is 1. The second kappa shape index (κ2) is 6.15. The van der Waals surface area contributed by atoms with Crippen molar-refractivity contribution in [3.63, 3.8) is 0 Å². The Kier molecular flexibility index (Phi) is 3.70. The molecule has 0 atom stereocenters. The number of hydrogen-bond acceptors (Lipinski definition) is 5. The number of rotatable bonds is 4. The zero-order chi connectivity index (χ0) is 16.4. The summed E-state index contributed by atoms with van der Waals surface area (Å²) in [6, 6.07) is 11.4. The van der Waals surface area contributed by atoms with Crippen molar-refractivity contribution >= 4 is 5.91 Å². The zero-order valence-corrected chi connectivity index (χ0v) is 12.9. The van der Waals surface area contributed by atoms with Crippen molar-refractivity contribution in [2.24, 2.45) is 0 Å². The summed E-state index contributed by atoms with van der Waals surface area (Å²) in [5.41, 5.74) is 1.29. The molecule has 1 aromatic carbocycles. The Balaban J connectivity index is 1.47. The molecule has 0 saturated heterocycles. The van der Waals surface area contributed by atoms with E-state index in [1.807, 2.05) is 34.9 Å². The average Bonchev–Trinajstić information content (AvgIpc) is 3.27. The molecule has 2 aromatic heterocycles. The Bertz CT molecular complexity index is 831. The highest BCUT2D eigenvalue weighted by Gasteiger charge is 2.18. The first-order valence-corrected chi connectivity index (χ1v) is 7.74. The zero-order valence-electron chi connectivity index (χ0n) is 12.9. The van der Waals surface area contributed by atoms with Crippen molar-refractivity contribution in [1.82, 2.24) is 29.9 Å². The van der Waals surface area contributed by atoms with Gasteiger partial charge in [0.25, 0.3) is 5.91 Å². The maximum Gasteiger partial charge on any atom is 0.272 e. The number of nitrogens with zero attached hydrogens (tertiary/aromatic N) is 5. The number of carbonyl (C=O) groups excluding carboxylic acids is 1. The predicted molar refractivity (Wildman–Crippen MR) is 84.9 cm³/mol. The van der Waals surface area contributed by atoms with Crippen molar-refractivity contribution in [3.05, 3.63) is 54.2 Å². The number of aromatic nitrogens is 5. The Labute approximate surface area is 138 Å². The molecule has 24 heavy (non-hydrogen) atoms. The highest BCUT2D eigenvalue weighted by molar-refractivity contribution is 5.92. The number of hydrogen-bond donors (Lipinski definition) is 1. The van der Waals surface area contributed by atoms with Crippen LogP contribution < -0.4 is 10.1 Å². The fraction of sp³-hybridized carbons (Fsp3) is 0.250. The molecular formula is C16H16N6O2. The van der Waals surface area contributed by atoms with Gasteiger partial charge in [-0.15, -0.1) is 10.2 Å². The Hall–Kier alpha value is -3.16. The van der Waals surface area contributed by atoms with Crippen molar-refractivity contribution < 1.29 is 9.53 Å². The Morgan fingerprint density at radius 2 is 2.17 bits per heavy atom. The largest absolute Gasteiger partial charge is 0.478 e. The molecule has 122 valence electrons. The van der Waals surface area contributed by atoms with Gasteiger partial charge in [0.2, 0.25) is 5.88 Å². The van der Waals surface area contributed by atoms with Gasteiger partial charge in [-0.25, -0.2) is 4.68 Å². The standard InChI is InChI=1S/C16H16N6O2/c23-16(13-9-15-22(20-13)7-4-8-24-15)17-10-14-19-18-11-21(14)12-5-2-1-3-6-12/h1-3,5-6,9,11H,4,7-8,10H2,(H,17,23). The molecule has 3 heterocycles. The molecule has 3 aromatic rings. The molecule has 0 aliphatic carbocycles. The third kappa shape index (κ3) is 2.73. The molecule has 0 spiro atoms. The van der Waals surface area contributed by atoms with Gasteiger partial charge in [-0.1, -0.05) is 18.2 Å². The van der Waals surface area contributed by atoms with Crippen molar-refractivity contribution in [2.45, 2.75) is 19.5 Å². The van der Waals surface area contributed by atoms with E-state index < -0.39 is 0 Å². The maximum absolute atomic E-state index is 12.3. The van der Waals surface area contributed by atoms with E-state index in [4.69, 9.17) is 4.74 Å². The van der Waals surface area contributed by atoms with Crippen LogP contribution in [0.2, 0.25) is 0 Å². The second-order valence-electron chi connectivity index (χ2n) is 5.43. The summed E-state index contributed by atoms with van der Waals surface area (Å²) < 4.78 is 9.02. The Morgan fingerprint density at radius 1 is 1.29 bits per heavy atom. The van der Waals surface area contributed by atoms with Crippen molar-refractivity contribution in [3.8, 4) is 11.6 Å². The first-order chi connectivity index (χ1) is 11.8. The summed E-state index contributed by atoms with van der Waals surface area (Å²) in [5, 5.41) is 15.1. The molecule has 8 heteroatoms. The smallest absolute Gasteiger partial charge is 0.272 e. The minimum absolute atomic E-state index is 0.261. The third-order valence-electron chi connectivity index (χ3n) is 3.80. The lowest BCUT2D eigenvalue weighted by Crippen LogP contribution is -2.25. The van der Waals surface area contributed by atoms with Crippen LogP contribution in [0.15, 0.2) is 42.7 Å². The minimum atomic E-state index is -0.261. The molecule has 0 fully saturated rings. The van der Waals surface area contributed by atoms with Crippen molar-refractivity contribution in [2.75, 3.05) is 6.61 Å². The van der Waals surface area contributed by atoms with E-state index in [-0.39, 0.29) is 12.5 Å². The van der Waals surface area contributed by atoms with E-state index in [1.54, 1.807) is 17.1 Å². The monoisotopic (exact) mass is 324 g/mol. The van der Waals surface area contributed by atoms with E-state index >= 15 is 0 Å². The SMILES string of the molecule is O=C(NCc1nncn1-c1ccccc1)c1cc2n(n1)CCCO2. The van der Waals surface area contributed by atoms with Crippen LogP contribution in [0.5, 0.6) is 5.88 Å². The summed E-state index contributed by atoms with van der Waals surface area (Å²) in [5.74, 6) is 1.02. The van der Waals surface area contributed by atoms with E-state index in [2.05, 4.69) is 20.6 Å². The molecule has 1 aliphatic rings. The summed E-state index contributed by atoms with van der Waals surface area (Å²) >= 11 is 0. The number of benzene rings is 1. The number of aryl methyl sites for hydroxylation is 1. The van der Waals surface area contributed by atoms with Gasteiger partial charge >= 0.3 is 0 Å². The first-order valence-electron chi connectivity index (χ1n) is 7.74. The molecule has 1 N–H and O–H groups in total. The average molecular weight is 324 g/mol. The molecule has 4 rings (SSSR count). The number of carbonyl (C=O) groups is 1. The number of fused-ring (bicyclic) bond motifs is 1. The van der Waals surface area contributed by atoms with Gasteiger partial charge in [0.05, 0.1) is 13.2 Å². The molecule has 0 unspecified atom stereocenters. The number of amides is 1. The number of ether oxygens (including phenoxy) is 1. The van der Waals surface area contributed by atoms with Crippen LogP contribution in [0.3, 0.4) is 0 Å². The quantitative estimate of drug-likeness (QED) is 0.778. The van der Waals surface area contributed by atoms with Gasteiger partial charge in [-0.3, -0.25) is 9.36 Å². The maximum atomic E-state index is 12.3. The highest BCUT2D eigenvalue weighted by atomic mass is 16.5. The molecule has 0 radical (unpaired) electrons. The topological polar surface area (TPSA) is 86.9 Å². The summed E-state index contributed by atoms with van der Waals surface area (Å²) in [7, 11) is 0. The summed E-state index contributed by atoms with van der Waals surface area (Å²) in [4.78, 5) is 12.3. The second-order valence-corrected chi connectivity index (χ2v) is 5.43. The van der Waals surface area contributed by atoms with E-state index in [0.717, 1.165) is 18.7 Å². The van der Waals surface area contributed by atoms with E-state index in [1.165, 1.54) is 0 Å². The highest BCUT2D eigenvalue weighted by Crippen LogP contribution is 2.18. The van der Waals surface area contributed by atoms with Gasteiger partial charge in [0, 0.05) is 24.7 Å². The van der Waals surface area contributed by atoms with Gasteiger partial charge in [0.15, 0.2) is 11.5 Å². The van der Waals surface area contributed by atoms with Crippen LogP contribution >= 0.6 is 0 Å². The van der Waals surface area contributed by atoms with Crippen LogP contribution in [-0.2, 0) is 13.1 Å². The van der Waals surface area contributed by atoms with Gasteiger partial charge in [-0.2, -0.15) is 5.10 Å². The third-order valence-corrected chi connectivity index (χ3v) is 3.80. The first kappa shape index (κ1) is 14.4. The van der Waals surface area contributed by atoms with Crippen LogP contribution in [0.4, 0.5) is 0 Å². The van der Waals surface area contributed by atoms with Gasteiger partial charge in [0.1, 0.15) is 6.33 Å². The Morgan fingerprint density at radius 3 is 3.00 bits per heavy atom. The van der Waals surface area contributed by atoms with Crippen LogP contribution in [0, 0.1) is 0 Å². The van der Waals surface area contributed by atoms with Gasteiger partial charge in [-0.05, 0) is 12.1 Å². The molecule has 8 nitrogen and oxygen atoms in total. The van der Waals surface area contributed by atoms with Crippen LogP contribution in [-0.4, -0.2) is 37.1 Å². The predicted octanol–water partition coefficient (Wildman–Crippen LogP) is 1.18. The number of para-hydroxylation sites is 1. The fourth-order valence-corrected chi connectivity index (χ4v) is 2.61. The summed E-state index contributed by atoms with van der Waals surface area (Å²) in [6.45, 7) is 1.69. The molecule has 0 bridgehead atoms. The molecule has 1 amide bonds. The molecule has 0 saturated carbocycles.